The van der Waals surface area contributed by atoms with Crippen LogP contribution in [0.1, 0.15) is 12.8 Å². The Morgan fingerprint density at radius 2 is 2.36 bits per heavy atom. The average molecular weight is 174 g/mol. The first-order valence-corrected chi connectivity index (χ1v) is 4.73. The summed E-state index contributed by atoms with van der Waals surface area (Å²) in [4.78, 5) is 0. The lowest BCUT2D eigenvalue weighted by atomic mass is 10.1. The molecule has 0 spiro atoms. The minimum Gasteiger partial charge on any atom is -0.215 e. The van der Waals surface area contributed by atoms with E-state index in [1.807, 2.05) is 6.08 Å². The van der Waals surface area contributed by atoms with Crippen LogP contribution in [-0.2, 0) is 10.9 Å². The molecule has 3 nitrogen and oxygen atoms in total. The third-order valence-corrected chi connectivity index (χ3v) is 2.66. The van der Waals surface area contributed by atoms with Crippen LogP contribution < -0.4 is 0 Å². The van der Waals surface area contributed by atoms with E-state index in [1.54, 1.807) is 0 Å². The van der Waals surface area contributed by atoms with Crippen LogP contribution in [0.5, 0.6) is 0 Å². The van der Waals surface area contributed by atoms with E-state index in [0.29, 0.717) is 13.1 Å². The first kappa shape index (κ1) is 8.74. The van der Waals surface area contributed by atoms with Gasteiger partial charge in [-0.25, -0.2) is 12.7 Å². The van der Waals surface area contributed by atoms with Crippen LogP contribution in [0, 0.1) is 6.92 Å². The zero-order valence-electron chi connectivity index (χ0n) is 6.32. The quantitative estimate of drug-likeness (QED) is 0.485. The van der Waals surface area contributed by atoms with Gasteiger partial charge < -0.3 is 0 Å². The molecule has 0 saturated carbocycles. The van der Waals surface area contributed by atoms with Crippen molar-refractivity contribution in [1.82, 2.24) is 4.31 Å². The summed E-state index contributed by atoms with van der Waals surface area (Å²) in [5.74, 6) is 0. The maximum absolute atomic E-state index is 10.5. The lowest BCUT2D eigenvalue weighted by Gasteiger charge is -2.19. The van der Waals surface area contributed by atoms with Gasteiger partial charge in [-0.15, -0.1) is 0 Å². The van der Waals surface area contributed by atoms with Crippen molar-refractivity contribution in [3.63, 3.8) is 0 Å². The van der Waals surface area contributed by atoms with E-state index in [0.717, 1.165) is 12.8 Å². The Bertz CT molecular complexity index is 225. The Hall–Kier alpha value is -0.350. The Morgan fingerprint density at radius 3 is 2.73 bits per heavy atom. The first-order valence-electron chi connectivity index (χ1n) is 3.60. The second-order valence-corrected chi connectivity index (χ2v) is 3.55. The zero-order chi connectivity index (χ0) is 8.27. The lowest BCUT2D eigenvalue weighted by Crippen LogP contribution is -2.26. The molecule has 0 aromatic carbocycles. The van der Waals surface area contributed by atoms with Gasteiger partial charge in [0.2, 0.25) is 10.9 Å². The summed E-state index contributed by atoms with van der Waals surface area (Å²) in [7, 11) is -2.37. The molecule has 0 atom stereocenters. The summed E-state index contributed by atoms with van der Waals surface area (Å²) in [5.41, 5.74) is 1.26. The molecular weight excluding hydrogens is 162 g/mol. The molecule has 1 aliphatic heterocycles. The summed E-state index contributed by atoms with van der Waals surface area (Å²) in [6.45, 7) is 4.90. The van der Waals surface area contributed by atoms with Crippen LogP contribution >= 0.6 is 0 Å². The minimum absolute atomic E-state index is 0.531. The summed E-state index contributed by atoms with van der Waals surface area (Å²) >= 11 is 0. The van der Waals surface area contributed by atoms with Crippen LogP contribution in [0.4, 0.5) is 0 Å². The maximum atomic E-state index is 10.5. The van der Waals surface area contributed by atoms with Crippen LogP contribution in [-0.4, -0.2) is 25.8 Å². The highest BCUT2D eigenvalue weighted by molar-refractivity contribution is 7.69. The molecule has 0 unspecified atom stereocenters. The van der Waals surface area contributed by atoms with Crippen molar-refractivity contribution in [2.75, 3.05) is 13.1 Å². The largest absolute Gasteiger partial charge is 0.215 e. The Labute approximate surface area is 68.8 Å². The van der Waals surface area contributed by atoms with Gasteiger partial charge in [-0.3, -0.25) is 0 Å². The van der Waals surface area contributed by atoms with Gasteiger partial charge in [0.15, 0.2) is 0 Å². The molecule has 0 aromatic rings. The molecular formula is C7H12NO2S. The topological polar surface area (TPSA) is 37.4 Å². The highest BCUT2D eigenvalue weighted by atomic mass is 32.2. The summed E-state index contributed by atoms with van der Waals surface area (Å²) < 4.78 is 22.4. The summed E-state index contributed by atoms with van der Waals surface area (Å²) in [6, 6.07) is 0. The summed E-state index contributed by atoms with van der Waals surface area (Å²) in [5, 5.41) is 0. The van der Waals surface area contributed by atoms with Gasteiger partial charge in [0.1, 0.15) is 0 Å². The van der Waals surface area contributed by atoms with Crippen molar-refractivity contribution in [1.29, 1.82) is 0 Å². The fourth-order valence-corrected chi connectivity index (χ4v) is 1.55. The normalized spacial score (nSPS) is 20.4. The Balaban J connectivity index is 2.54. The van der Waals surface area contributed by atoms with Crippen LogP contribution in [0.15, 0.2) is 11.6 Å². The van der Waals surface area contributed by atoms with Crippen LogP contribution in [0.3, 0.4) is 0 Å². The average Bonchev–Trinajstić information content (AvgIpc) is 2.05. The summed E-state index contributed by atoms with van der Waals surface area (Å²) in [6.07, 6.45) is 3.58. The smallest absolute Gasteiger partial charge is 0.204 e. The molecule has 0 saturated heterocycles. The van der Waals surface area contributed by atoms with Crippen molar-refractivity contribution < 1.29 is 8.42 Å². The van der Waals surface area contributed by atoms with Crippen molar-refractivity contribution in [3.8, 4) is 0 Å². The molecule has 1 radical (unpaired) electrons. The highest BCUT2D eigenvalue weighted by Gasteiger charge is 2.10. The van der Waals surface area contributed by atoms with Gasteiger partial charge >= 0.3 is 0 Å². The van der Waals surface area contributed by atoms with Gasteiger partial charge in [-0.1, -0.05) is 11.6 Å². The maximum Gasteiger partial charge on any atom is 0.204 e. The molecule has 1 heterocycles. The predicted molar refractivity (Wildman–Crippen MR) is 44.6 cm³/mol. The SMILES string of the molecule is [CH2]CC1=CCN([SH](=O)=O)CC1. The zero-order valence-corrected chi connectivity index (χ0v) is 7.22. The molecule has 0 aromatic heterocycles. The standard InChI is InChI=1S/C7H12NO2S/c1-2-7-3-5-8(6-4-7)11(9)10/h3,11H,1-2,4-6H2. The number of rotatable bonds is 2. The molecule has 1 rings (SSSR count). The Kier molecular flexibility index (Phi) is 3.08. The number of hydrogen-bond donors (Lipinski definition) is 1. The van der Waals surface area contributed by atoms with E-state index in [2.05, 4.69) is 6.92 Å². The van der Waals surface area contributed by atoms with E-state index in [9.17, 15) is 8.42 Å². The highest BCUT2D eigenvalue weighted by Crippen LogP contribution is 2.12. The fraction of sp³-hybridized carbons (Fsp3) is 0.571. The first-order chi connectivity index (χ1) is 5.24. The minimum atomic E-state index is -2.37. The van der Waals surface area contributed by atoms with Gasteiger partial charge in [0.05, 0.1) is 0 Å². The van der Waals surface area contributed by atoms with E-state index in [4.69, 9.17) is 0 Å². The van der Waals surface area contributed by atoms with Gasteiger partial charge in [0.25, 0.3) is 0 Å². The van der Waals surface area contributed by atoms with Crippen LogP contribution in [0.2, 0.25) is 0 Å². The predicted octanol–water partition coefficient (Wildman–Crippen LogP) is 0.369. The number of hydrogen-bond acceptors (Lipinski definition) is 2. The third kappa shape index (κ3) is 2.31. The Morgan fingerprint density at radius 1 is 1.64 bits per heavy atom. The molecule has 0 fully saturated rings. The van der Waals surface area contributed by atoms with E-state index >= 15 is 0 Å². The van der Waals surface area contributed by atoms with Gasteiger partial charge in [-0.05, 0) is 19.8 Å². The molecule has 0 amide bonds. The fourth-order valence-electron chi connectivity index (χ4n) is 1.08. The molecule has 0 bridgehead atoms. The molecule has 0 N–H and O–H groups in total. The van der Waals surface area contributed by atoms with E-state index in [1.165, 1.54) is 9.88 Å². The number of thiol groups is 1. The second kappa shape index (κ2) is 3.88. The molecule has 1 aliphatic rings. The third-order valence-electron chi connectivity index (χ3n) is 1.83. The van der Waals surface area contributed by atoms with Crippen molar-refractivity contribution in [3.05, 3.63) is 18.6 Å². The molecule has 0 aliphatic carbocycles. The van der Waals surface area contributed by atoms with Crippen LogP contribution in [0.25, 0.3) is 0 Å². The van der Waals surface area contributed by atoms with E-state index < -0.39 is 10.9 Å². The second-order valence-electron chi connectivity index (χ2n) is 2.51. The van der Waals surface area contributed by atoms with Crippen molar-refractivity contribution >= 4 is 10.9 Å². The molecule has 11 heavy (non-hydrogen) atoms. The van der Waals surface area contributed by atoms with E-state index in [-0.39, 0.29) is 0 Å². The monoisotopic (exact) mass is 174 g/mol. The van der Waals surface area contributed by atoms with Gasteiger partial charge in [-0.2, -0.15) is 0 Å². The molecule has 4 heteroatoms. The van der Waals surface area contributed by atoms with Crippen molar-refractivity contribution in [2.24, 2.45) is 0 Å². The molecule has 63 valence electrons. The van der Waals surface area contributed by atoms with Gasteiger partial charge in [0, 0.05) is 13.1 Å². The number of nitrogens with zero attached hydrogens (tertiary/aromatic N) is 1. The lowest BCUT2D eigenvalue weighted by molar-refractivity contribution is 0.445. The van der Waals surface area contributed by atoms with Crippen molar-refractivity contribution in [2.45, 2.75) is 12.8 Å².